The summed E-state index contributed by atoms with van der Waals surface area (Å²) < 4.78 is 0. The zero-order valence-corrected chi connectivity index (χ0v) is 6.91. The number of ketones is 2. The Balaban J connectivity index is 2.81. The largest absolute Gasteiger partial charge is 0.504 e. The van der Waals surface area contributed by atoms with Gasteiger partial charge < -0.3 is 5.11 Å². The molecule has 1 rings (SSSR count). The Morgan fingerprint density at radius 1 is 1.38 bits per heavy atom. The van der Waals surface area contributed by atoms with Crippen molar-refractivity contribution in [3.8, 4) is 12.3 Å². The predicted molar refractivity (Wildman–Crippen MR) is 46.9 cm³/mol. The van der Waals surface area contributed by atoms with Crippen molar-refractivity contribution in [1.82, 2.24) is 0 Å². The molecule has 1 N–H and O–H groups in total. The number of aliphatic hydroxyl groups excluding tert-OH is 1. The topological polar surface area (TPSA) is 54.4 Å². The van der Waals surface area contributed by atoms with Gasteiger partial charge >= 0.3 is 0 Å². The van der Waals surface area contributed by atoms with E-state index in [4.69, 9.17) is 11.5 Å². The first kappa shape index (κ1) is 9.27. The quantitative estimate of drug-likeness (QED) is 0.502. The molecule has 3 nitrogen and oxygen atoms in total. The van der Waals surface area contributed by atoms with Crippen LogP contribution in [0.2, 0.25) is 0 Å². The summed E-state index contributed by atoms with van der Waals surface area (Å²) >= 11 is 0. The van der Waals surface area contributed by atoms with Gasteiger partial charge in [0, 0.05) is 18.1 Å². The van der Waals surface area contributed by atoms with E-state index in [2.05, 4.69) is 5.92 Å². The molecule has 1 aliphatic rings. The number of terminal acetylenes is 1. The highest BCUT2D eigenvalue weighted by atomic mass is 16.3. The van der Waals surface area contributed by atoms with Crippen LogP contribution in [0.15, 0.2) is 23.5 Å². The van der Waals surface area contributed by atoms with E-state index in [1.807, 2.05) is 0 Å². The second-order valence-corrected chi connectivity index (χ2v) is 2.63. The SMILES string of the molecule is C#CCCC1=CC(=O)C=C(O)C1=O. The van der Waals surface area contributed by atoms with E-state index < -0.39 is 11.5 Å². The van der Waals surface area contributed by atoms with E-state index in [1.165, 1.54) is 6.08 Å². The first-order valence-electron chi connectivity index (χ1n) is 3.78. The van der Waals surface area contributed by atoms with Gasteiger partial charge in [-0.05, 0) is 12.5 Å². The van der Waals surface area contributed by atoms with Crippen LogP contribution < -0.4 is 0 Å². The normalized spacial score (nSPS) is 16.2. The minimum absolute atomic E-state index is 0.281. The van der Waals surface area contributed by atoms with Crippen LogP contribution in [0.1, 0.15) is 12.8 Å². The van der Waals surface area contributed by atoms with E-state index in [9.17, 15) is 9.59 Å². The summed E-state index contributed by atoms with van der Waals surface area (Å²) in [6, 6.07) is 0. The third-order valence-corrected chi connectivity index (χ3v) is 1.66. The molecule has 1 aliphatic carbocycles. The second kappa shape index (κ2) is 3.72. The van der Waals surface area contributed by atoms with Crippen LogP contribution in [0, 0.1) is 12.3 Å². The zero-order chi connectivity index (χ0) is 9.84. The van der Waals surface area contributed by atoms with Crippen molar-refractivity contribution in [1.29, 1.82) is 0 Å². The Bertz CT molecular complexity index is 353. The minimum Gasteiger partial charge on any atom is -0.504 e. The lowest BCUT2D eigenvalue weighted by molar-refractivity contribution is -0.117. The fraction of sp³-hybridized carbons (Fsp3) is 0.200. The Hall–Kier alpha value is -1.82. The Morgan fingerprint density at radius 3 is 2.69 bits per heavy atom. The lowest BCUT2D eigenvalue weighted by Crippen LogP contribution is -2.13. The molecule has 0 amide bonds. The molecule has 0 aromatic heterocycles. The fourth-order valence-electron chi connectivity index (χ4n) is 1.04. The molecule has 0 fully saturated rings. The highest BCUT2D eigenvalue weighted by Gasteiger charge is 2.19. The summed E-state index contributed by atoms with van der Waals surface area (Å²) in [5, 5.41) is 9.02. The first-order chi connectivity index (χ1) is 6.15. The third kappa shape index (κ3) is 2.06. The number of allylic oxidation sites excluding steroid dienone is 3. The third-order valence-electron chi connectivity index (χ3n) is 1.66. The molecule has 0 unspecified atom stereocenters. The average Bonchev–Trinajstić information content (AvgIpc) is 2.09. The Labute approximate surface area is 75.8 Å². The van der Waals surface area contributed by atoms with E-state index >= 15 is 0 Å². The van der Waals surface area contributed by atoms with Crippen LogP contribution in [0.3, 0.4) is 0 Å². The van der Waals surface area contributed by atoms with Crippen LogP contribution in [-0.2, 0) is 9.59 Å². The van der Waals surface area contributed by atoms with Gasteiger partial charge in [-0.3, -0.25) is 9.59 Å². The van der Waals surface area contributed by atoms with Gasteiger partial charge in [-0.25, -0.2) is 0 Å². The monoisotopic (exact) mass is 176 g/mol. The van der Waals surface area contributed by atoms with Crippen LogP contribution in [-0.4, -0.2) is 16.7 Å². The van der Waals surface area contributed by atoms with Crippen LogP contribution in [0.25, 0.3) is 0 Å². The van der Waals surface area contributed by atoms with E-state index in [1.54, 1.807) is 0 Å². The molecule has 0 saturated heterocycles. The van der Waals surface area contributed by atoms with Crippen LogP contribution in [0.4, 0.5) is 0 Å². The van der Waals surface area contributed by atoms with Gasteiger partial charge in [-0.1, -0.05) is 0 Å². The van der Waals surface area contributed by atoms with Crippen molar-refractivity contribution in [2.45, 2.75) is 12.8 Å². The fourth-order valence-corrected chi connectivity index (χ4v) is 1.04. The summed E-state index contributed by atoms with van der Waals surface area (Å²) in [7, 11) is 0. The summed E-state index contributed by atoms with van der Waals surface area (Å²) in [5.74, 6) is 0.983. The maximum Gasteiger partial charge on any atom is 0.223 e. The van der Waals surface area contributed by atoms with Crippen LogP contribution in [0.5, 0.6) is 0 Å². The molecular weight excluding hydrogens is 168 g/mol. The molecule has 0 spiro atoms. The number of rotatable bonds is 2. The average molecular weight is 176 g/mol. The van der Waals surface area contributed by atoms with Crippen molar-refractivity contribution in [2.24, 2.45) is 0 Å². The van der Waals surface area contributed by atoms with E-state index in [-0.39, 0.29) is 11.4 Å². The zero-order valence-electron chi connectivity index (χ0n) is 6.91. The summed E-state index contributed by atoms with van der Waals surface area (Å²) in [6.07, 6.45) is 7.84. The van der Waals surface area contributed by atoms with Crippen LogP contribution >= 0.6 is 0 Å². The molecule has 0 bridgehead atoms. The van der Waals surface area contributed by atoms with Crippen molar-refractivity contribution < 1.29 is 14.7 Å². The van der Waals surface area contributed by atoms with Crippen molar-refractivity contribution in [3.05, 3.63) is 23.5 Å². The molecule has 0 aliphatic heterocycles. The highest BCUT2D eigenvalue weighted by molar-refractivity contribution is 6.19. The number of aliphatic hydroxyl groups is 1. The lowest BCUT2D eigenvalue weighted by atomic mass is 9.98. The molecule has 0 radical (unpaired) electrons. The van der Waals surface area contributed by atoms with Gasteiger partial charge in [0.1, 0.15) is 0 Å². The van der Waals surface area contributed by atoms with Crippen molar-refractivity contribution >= 4 is 11.6 Å². The molecule has 0 saturated carbocycles. The summed E-state index contributed by atoms with van der Waals surface area (Å²) in [4.78, 5) is 22.0. The molecule has 66 valence electrons. The number of hydrogen-bond acceptors (Lipinski definition) is 3. The maximum atomic E-state index is 11.2. The van der Waals surface area contributed by atoms with E-state index in [0.717, 1.165) is 6.08 Å². The highest BCUT2D eigenvalue weighted by Crippen LogP contribution is 2.15. The predicted octanol–water partition coefficient (Wildman–Crippen LogP) is 0.920. The number of carbonyl (C=O) groups excluding carboxylic acids is 2. The maximum absolute atomic E-state index is 11.2. The van der Waals surface area contributed by atoms with Crippen molar-refractivity contribution in [3.63, 3.8) is 0 Å². The van der Waals surface area contributed by atoms with Gasteiger partial charge in [-0.2, -0.15) is 0 Å². The molecule has 0 atom stereocenters. The molecular formula is C10H8O3. The molecule has 3 heteroatoms. The number of carbonyl (C=O) groups is 2. The molecule has 13 heavy (non-hydrogen) atoms. The molecule has 0 heterocycles. The van der Waals surface area contributed by atoms with Gasteiger partial charge in [0.15, 0.2) is 11.5 Å². The Morgan fingerprint density at radius 2 is 2.08 bits per heavy atom. The standard InChI is InChI=1S/C10H8O3/c1-2-3-4-7-5-8(11)6-9(12)10(7)13/h1,5-6,12H,3-4H2. The van der Waals surface area contributed by atoms with Crippen molar-refractivity contribution in [2.75, 3.05) is 0 Å². The van der Waals surface area contributed by atoms with Gasteiger partial charge in [0.2, 0.25) is 5.78 Å². The summed E-state index contributed by atoms with van der Waals surface area (Å²) in [5.41, 5.74) is 0.281. The molecule has 0 aromatic rings. The summed E-state index contributed by atoms with van der Waals surface area (Å²) in [6.45, 7) is 0. The smallest absolute Gasteiger partial charge is 0.223 e. The Kier molecular flexibility index (Phi) is 2.65. The number of hydrogen-bond donors (Lipinski definition) is 1. The number of Topliss-reactive ketones (excluding diaryl/α,β-unsaturated/α-hetero) is 1. The second-order valence-electron chi connectivity index (χ2n) is 2.63. The van der Waals surface area contributed by atoms with Gasteiger partial charge in [-0.15, -0.1) is 12.3 Å². The lowest BCUT2D eigenvalue weighted by Gasteiger charge is -2.07. The first-order valence-corrected chi connectivity index (χ1v) is 3.78. The minimum atomic E-state index is -0.505. The van der Waals surface area contributed by atoms with Gasteiger partial charge in [0.25, 0.3) is 0 Å². The van der Waals surface area contributed by atoms with E-state index in [0.29, 0.717) is 12.8 Å². The molecule has 0 aromatic carbocycles. The van der Waals surface area contributed by atoms with Gasteiger partial charge in [0.05, 0.1) is 0 Å².